The van der Waals surface area contributed by atoms with Gasteiger partial charge in [0.05, 0.1) is 6.10 Å². The Hall–Kier alpha value is -0.860. The van der Waals surface area contributed by atoms with Crippen LogP contribution in [0, 0.1) is 5.82 Å². The third kappa shape index (κ3) is 1.81. The fraction of sp³-hybridized carbons (Fsp3) is 0.273. The first-order valence-electron chi connectivity index (χ1n) is 4.51. The van der Waals surface area contributed by atoms with Crippen molar-refractivity contribution in [1.82, 2.24) is 0 Å². The molecule has 1 nitrogen and oxygen atoms in total. The highest BCUT2D eigenvalue weighted by molar-refractivity contribution is 6.30. The largest absolute Gasteiger partial charge is 0.389 e. The molecule has 1 unspecified atom stereocenters. The van der Waals surface area contributed by atoms with Gasteiger partial charge in [-0.1, -0.05) is 23.7 Å². The van der Waals surface area contributed by atoms with Crippen LogP contribution in [-0.4, -0.2) is 11.2 Å². The van der Waals surface area contributed by atoms with E-state index in [4.69, 9.17) is 11.6 Å². The third-order valence-electron chi connectivity index (χ3n) is 2.38. The van der Waals surface area contributed by atoms with Crippen molar-refractivity contribution in [2.45, 2.75) is 18.9 Å². The maximum absolute atomic E-state index is 13.4. The van der Waals surface area contributed by atoms with Crippen molar-refractivity contribution in [3.8, 4) is 0 Å². The van der Waals surface area contributed by atoms with Crippen LogP contribution in [0.5, 0.6) is 0 Å². The number of allylic oxidation sites excluding steroid dienone is 1. The molecule has 0 amide bonds. The zero-order chi connectivity index (χ0) is 10.1. The minimum Gasteiger partial charge on any atom is -0.389 e. The Bertz CT molecular complexity index is 387. The molecule has 1 N–H and O–H groups in total. The second-order valence-electron chi connectivity index (χ2n) is 3.42. The number of hydrogen-bond acceptors (Lipinski definition) is 1. The molecule has 74 valence electrons. The van der Waals surface area contributed by atoms with Crippen LogP contribution in [0.3, 0.4) is 0 Å². The van der Waals surface area contributed by atoms with E-state index >= 15 is 0 Å². The van der Waals surface area contributed by atoms with Gasteiger partial charge in [-0.15, -0.1) is 0 Å². The number of aliphatic hydroxyl groups is 1. The molecule has 2 rings (SSSR count). The van der Waals surface area contributed by atoms with Crippen LogP contribution in [0.2, 0.25) is 5.02 Å². The topological polar surface area (TPSA) is 20.2 Å². The van der Waals surface area contributed by atoms with Gasteiger partial charge in [0.15, 0.2) is 0 Å². The Morgan fingerprint density at radius 1 is 1.43 bits per heavy atom. The molecule has 0 spiro atoms. The molecular formula is C11H10ClFO. The highest BCUT2D eigenvalue weighted by Gasteiger charge is 2.16. The van der Waals surface area contributed by atoms with Gasteiger partial charge < -0.3 is 5.11 Å². The van der Waals surface area contributed by atoms with Gasteiger partial charge in [0.2, 0.25) is 0 Å². The Morgan fingerprint density at radius 2 is 2.21 bits per heavy atom. The normalized spacial score (nSPS) is 21.1. The zero-order valence-electron chi connectivity index (χ0n) is 7.50. The van der Waals surface area contributed by atoms with E-state index in [0.717, 1.165) is 12.0 Å². The fourth-order valence-electron chi connectivity index (χ4n) is 1.68. The molecule has 0 aromatic heterocycles. The van der Waals surface area contributed by atoms with Crippen LogP contribution in [0.4, 0.5) is 4.39 Å². The van der Waals surface area contributed by atoms with Crippen molar-refractivity contribution in [3.05, 3.63) is 40.7 Å². The van der Waals surface area contributed by atoms with Crippen molar-refractivity contribution in [3.63, 3.8) is 0 Å². The van der Waals surface area contributed by atoms with Gasteiger partial charge in [0, 0.05) is 10.6 Å². The number of hydrogen-bond donors (Lipinski definition) is 1. The first-order chi connectivity index (χ1) is 6.66. The van der Waals surface area contributed by atoms with Gasteiger partial charge >= 0.3 is 0 Å². The molecule has 3 heteroatoms. The summed E-state index contributed by atoms with van der Waals surface area (Å²) >= 11 is 5.64. The van der Waals surface area contributed by atoms with Crippen LogP contribution in [-0.2, 0) is 0 Å². The van der Waals surface area contributed by atoms with Crippen LogP contribution in [0.15, 0.2) is 24.3 Å². The summed E-state index contributed by atoms with van der Waals surface area (Å²) in [6.07, 6.45) is 2.67. The summed E-state index contributed by atoms with van der Waals surface area (Å²) in [5, 5.41) is 9.68. The highest BCUT2D eigenvalue weighted by atomic mass is 35.5. The molecule has 1 atom stereocenters. The summed E-state index contributed by atoms with van der Waals surface area (Å²) in [5.41, 5.74) is 1.41. The van der Waals surface area contributed by atoms with Gasteiger partial charge in [-0.05, 0) is 30.5 Å². The van der Waals surface area contributed by atoms with Crippen molar-refractivity contribution in [2.24, 2.45) is 0 Å². The maximum Gasteiger partial charge on any atom is 0.132 e. The van der Waals surface area contributed by atoms with Gasteiger partial charge in [-0.2, -0.15) is 0 Å². The molecule has 1 aromatic carbocycles. The van der Waals surface area contributed by atoms with Crippen molar-refractivity contribution in [2.75, 3.05) is 0 Å². The lowest BCUT2D eigenvalue weighted by Gasteiger charge is -2.03. The molecule has 1 aliphatic carbocycles. The molecule has 0 saturated carbocycles. The van der Waals surface area contributed by atoms with Gasteiger partial charge in [-0.25, -0.2) is 4.39 Å². The van der Waals surface area contributed by atoms with Crippen LogP contribution < -0.4 is 0 Å². The second kappa shape index (κ2) is 3.71. The molecule has 0 radical (unpaired) electrons. The van der Waals surface area contributed by atoms with E-state index in [-0.39, 0.29) is 5.82 Å². The number of rotatable bonds is 1. The predicted molar refractivity (Wildman–Crippen MR) is 54.6 cm³/mol. The van der Waals surface area contributed by atoms with Crippen molar-refractivity contribution >= 4 is 17.2 Å². The van der Waals surface area contributed by atoms with Gasteiger partial charge in [-0.3, -0.25) is 0 Å². The smallest absolute Gasteiger partial charge is 0.132 e. The first-order valence-corrected chi connectivity index (χ1v) is 4.89. The average Bonchev–Trinajstić information content (AvgIpc) is 2.51. The third-order valence-corrected chi connectivity index (χ3v) is 2.62. The van der Waals surface area contributed by atoms with Crippen LogP contribution >= 0.6 is 11.6 Å². The summed E-state index contributed by atoms with van der Waals surface area (Å²) in [4.78, 5) is 0. The zero-order valence-corrected chi connectivity index (χ0v) is 8.26. The van der Waals surface area contributed by atoms with Crippen molar-refractivity contribution < 1.29 is 9.50 Å². The predicted octanol–water partition coefficient (Wildman–Crippen LogP) is 3.02. The molecule has 0 saturated heterocycles. The standard InChI is InChI=1S/C11H10ClFO/c12-8-2-4-10(11(13)6-8)7-1-3-9(14)5-7/h2,4-6,9,14H,1,3H2. The van der Waals surface area contributed by atoms with Gasteiger partial charge in [0.25, 0.3) is 0 Å². The molecule has 0 aliphatic heterocycles. The minimum atomic E-state index is -0.430. The highest BCUT2D eigenvalue weighted by Crippen LogP contribution is 2.30. The maximum atomic E-state index is 13.4. The van der Waals surface area contributed by atoms with Crippen molar-refractivity contribution in [1.29, 1.82) is 0 Å². The fourth-order valence-corrected chi connectivity index (χ4v) is 1.84. The molecule has 1 aliphatic rings. The summed E-state index contributed by atoms with van der Waals surface area (Å²) in [5.74, 6) is -0.321. The van der Waals surface area contributed by atoms with E-state index in [1.165, 1.54) is 6.07 Å². The lowest BCUT2D eigenvalue weighted by atomic mass is 10.1. The Kier molecular flexibility index (Phi) is 2.57. The second-order valence-corrected chi connectivity index (χ2v) is 3.86. The Balaban J connectivity index is 2.37. The molecule has 0 heterocycles. The number of benzene rings is 1. The number of aliphatic hydroxyl groups excluding tert-OH is 1. The average molecular weight is 213 g/mol. The van der Waals surface area contributed by atoms with Crippen LogP contribution in [0.25, 0.3) is 5.57 Å². The Morgan fingerprint density at radius 3 is 2.79 bits per heavy atom. The first kappa shape index (κ1) is 9.69. The van der Waals surface area contributed by atoms with E-state index in [9.17, 15) is 9.50 Å². The molecule has 0 fully saturated rings. The number of halogens is 2. The molecule has 14 heavy (non-hydrogen) atoms. The monoisotopic (exact) mass is 212 g/mol. The van der Waals surface area contributed by atoms with E-state index in [0.29, 0.717) is 17.0 Å². The minimum absolute atomic E-state index is 0.321. The molecule has 1 aromatic rings. The Labute approximate surface area is 86.8 Å². The lowest BCUT2D eigenvalue weighted by Crippen LogP contribution is -1.93. The van der Waals surface area contributed by atoms with Crippen LogP contribution in [0.1, 0.15) is 18.4 Å². The summed E-state index contributed by atoms with van der Waals surface area (Å²) in [6.45, 7) is 0. The van der Waals surface area contributed by atoms with E-state index in [1.807, 2.05) is 0 Å². The lowest BCUT2D eigenvalue weighted by molar-refractivity contribution is 0.223. The SMILES string of the molecule is OC1C=C(c2ccc(Cl)cc2F)CC1. The van der Waals surface area contributed by atoms with E-state index in [2.05, 4.69) is 0 Å². The summed E-state index contributed by atoms with van der Waals surface area (Å²) in [6, 6.07) is 4.61. The van der Waals surface area contributed by atoms with Gasteiger partial charge in [0.1, 0.15) is 5.82 Å². The summed E-state index contributed by atoms with van der Waals surface area (Å²) < 4.78 is 13.4. The van der Waals surface area contributed by atoms with E-state index in [1.54, 1.807) is 18.2 Å². The molecule has 0 bridgehead atoms. The molecular weight excluding hydrogens is 203 g/mol. The quantitative estimate of drug-likeness (QED) is 0.759. The van der Waals surface area contributed by atoms with E-state index < -0.39 is 6.10 Å². The summed E-state index contributed by atoms with van der Waals surface area (Å²) in [7, 11) is 0.